The van der Waals surface area contributed by atoms with E-state index >= 15 is 0 Å². The van der Waals surface area contributed by atoms with Crippen molar-refractivity contribution in [2.24, 2.45) is 0 Å². The van der Waals surface area contributed by atoms with Crippen LogP contribution >= 0.6 is 0 Å². The average molecular weight is 185 g/mol. The highest BCUT2D eigenvalue weighted by Crippen LogP contribution is 2.24. The summed E-state index contributed by atoms with van der Waals surface area (Å²) in [5.41, 5.74) is -0.0326. The molecule has 78 valence electrons. The summed E-state index contributed by atoms with van der Waals surface area (Å²) in [6.07, 6.45) is 4.60. The van der Waals surface area contributed by atoms with E-state index in [0.717, 1.165) is 19.5 Å². The molecule has 2 heteroatoms. The molecule has 0 aromatic heterocycles. The minimum absolute atomic E-state index is 0.0326. The summed E-state index contributed by atoms with van der Waals surface area (Å²) in [4.78, 5) is 2.44. The van der Waals surface area contributed by atoms with Crippen molar-refractivity contribution >= 4 is 0 Å². The van der Waals surface area contributed by atoms with E-state index in [1.54, 1.807) is 0 Å². The van der Waals surface area contributed by atoms with Gasteiger partial charge in [0.25, 0.3) is 0 Å². The summed E-state index contributed by atoms with van der Waals surface area (Å²) in [6.45, 7) is 8.68. The summed E-state index contributed by atoms with van der Waals surface area (Å²) in [6, 6.07) is 0. The van der Waals surface area contributed by atoms with Crippen molar-refractivity contribution in [3.63, 3.8) is 0 Å². The highest BCUT2D eigenvalue weighted by Gasteiger charge is 2.33. The molecule has 1 heterocycles. The molecule has 2 nitrogen and oxygen atoms in total. The van der Waals surface area contributed by atoms with Gasteiger partial charge >= 0.3 is 0 Å². The van der Waals surface area contributed by atoms with Crippen LogP contribution in [0.5, 0.6) is 0 Å². The number of likely N-dealkylation sites (tertiary alicyclic amines) is 1. The Bertz CT molecular complexity index is 150. The van der Waals surface area contributed by atoms with Crippen LogP contribution in [0, 0.1) is 0 Å². The predicted octanol–water partition coefficient (Wildman–Crippen LogP) is 2.02. The lowest BCUT2D eigenvalue weighted by Gasteiger charge is -2.43. The van der Waals surface area contributed by atoms with Gasteiger partial charge in [-0.1, -0.05) is 13.3 Å². The topological polar surface area (TPSA) is 23.5 Å². The first-order chi connectivity index (χ1) is 6.09. The van der Waals surface area contributed by atoms with E-state index in [-0.39, 0.29) is 11.6 Å². The maximum Gasteiger partial charge on any atom is 0.0715 e. The Morgan fingerprint density at radius 2 is 1.77 bits per heavy atom. The molecule has 1 aliphatic rings. The fourth-order valence-electron chi connectivity index (χ4n) is 2.18. The molecule has 1 aliphatic heterocycles. The van der Waals surface area contributed by atoms with E-state index in [1.165, 1.54) is 19.3 Å². The van der Waals surface area contributed by atoms with Crippen LogP contribution in [0.2, 0.25) is 0 Å². The second kappa shape index (κ2) is 4.43. The van der Waals surface area contributed by atoms with Crippen LogP contribution in [0.4, 0.5) is 0 Å². The molecule has 1 N–H and O–H groups in total. The molecule has 0 radical (unpaired) electrons. The van der Waals surface area contributed by atoms with Crippen LogP contribution < -0.4 is 0 Å². The Balaban J connectivity index is 2.55. The minimum atomic E-state index is -0.189. The summed E-state index contributed by atoms with van der Waals surface area (Å²) < 4.78 is 0. The van der Waals surface area contributed by atoms with Gasteiger partial charge in [-0.25, -0.2) is 0 Å². The molecule has 1 atom stereocenters. The van der Waals surface area contributed by atoms with Crippen LogP contribution in [-0.2, 0) is 0 Å². The molecule has 0 saturated carbocycles. The van der Waals surface area contributed by atoms with Crippen LogP contribution in [0.3, 0.4) is 0 Å². The molecule has 1 unspecified atom stereocenters. The Kier molecular flexibility index (Phi) is 3.74. The monoisotopic (exact) mass is 185 g/mol. The van der Waals surface area contributed by atoms with Gasteiger partial charge in [0.1, 0.15) is 0 Å². The molecule has 0 aromatic carbocycles. The van der Waals surface area contributed by atoms with Crippen molar-refractivity contribution in [2.45, 2.75) is 58.1 Å². The predicted molar refractivity (Wildman–Crippen MR) is 55.8 cm³/mol. The number of nitrogens with zero attached hydrogens (tertiary/aromatic N) is 1. The summed E-state index contributed by atoms with van der Waals surface area (Å²) in [5, 5.41) is 9.90. The van der Waals surface area contributed by atoms with Gasteiger partial charge in [-0.2, -0.15) is 0 Å². The van der Waals surface area contributed by atoms with Gasteiger partial charge in [-0.05, 0) is 46.2 Å². The van der Waals surface area contributed by atoms with Crippen LogP contribution in [-0.4, -0.2) is 34.7 Å². The van der Waals surface area contributed by atoms with Gasteiger partial charge in [0.05, 0.1) is 6.10 Å². The fraction of sp³-hybridized carbons (Fsp3) is 1.00. The van der Waals surface area contributed by atoms with Crippen molar-refractivity contribution in [3.05, 3.63) is 0 Å². The van der Waals surface area contributed by atoms with Crippen molar-refractivity contribution < 1.29 is 5.11 Å². The van der Waals surface area contributed by atoms with Crippen molar-refractivity contribution in [2.75, 3.05) is 13.1 Å². The lowest BCUT2D eigenvalue weighted by atomic mass is 9.91. The third-order valence-electron chi connectivity index (χ3n) is 3.37. The summed E-state index contributed by atoms with van der Waals surface area (Å²) in [5.74, 6) is 0. The Labute approximate surface area is 81.9 Å². The third kappa shape index (κ3) is 2.44. The molecule has 1 rings (SSSR count). The third-order valence-corrected chi connectivity index (χ3v) is 3.37. The smallest absolute Gasteiger partial charge is 0.0715 e. The number of hydrogen-bond donors (Lipinski definition) is 1. The molecule has 1 saturated heterocycles. The molecule has 0 aromatic rings. The van der Waals surface area contributed by atoms with E-state index in [9.17, 15) is 5.11 Å². The van der Waals surface area contributed by atoms with Crippen LogP contribution in [0.25, 0.3) is 0 Å². The van der Waals surface area contributed by atoms with Crippen LogP contribution in [0.1, 0.15) is 46.5 Å². The van der Waals surface area contributed by atoms with Gasteiger partial charge in [-0.15, -0.1) is 0 Å². The van der Waals surface area contributed by atoms with E-state index in [2.05, 4.69) is 25.7 Å². The molecule has 0 bridgehead atoms. The SMILES string of the molecule is CCC(O)C(C)(C)N1CCCCC1. The molecule has 0 aliphatic carbocycles. The van der Waals surface area contributed by atoms with Crippen molar-refractivity contribution in [3.8, 4) is 0 Å². The average Bonchev–Trinajstić information content (AvgIpc) is 2.18. The Hall–Kier alpha value is -0.0800. The van der Waals surface area contributed by atoms with Crippen molar-refractivity contribution in [1.29, 1.82) is 0 Å². The second-order valence-electron chi connectivity index (χ2n) is 4.63. The molecular formula is C11H23NO. The largest absolute Gasteiger partial charge is 0.391 e. The quantitative estimate of drug-likeness (QED) is 0.727. The number of rotatable bonds is 3. The zero-order valence-corrected chi connectivity index (χ0v) is 9.21. The minimum Gasteiger partial charge on any atom is -0.391 e. The summed E-state index contributed by atoms with van der Waals surface area (Å²) in [7, 11) is 0. The zero-order valence-electron chi connectivity index (χ0n) is 9.21. The molecule has 13 heavy (non-hydrogen) atoms. The van der Waals surface area contributed by atoms with E-state index in [4.69, 9.17) is 0 Å². The first-order valence-corrected chi connectivity index (χ1v) is 5.52. The first-order valence-electron chi connectivity index (χ1n) is 5.52. The number of piperidine rings is 1. The lowest BCUT2D eigenvalue weighted by molar-refractivity contribution is -0.0207. The molecule has 0 amide bonds. The highest BCUT2D eigenvalue weighted by atomic mass is 16.3. The van der Waals surface area contributed by atoms with Crippen LogP contribution in [0.15, 0.2) is 0 Å². The number of aliphatic hydroxyl groups is 1. The van der Waals surface area contributed by atoms with Gasteiger partial charge in [0, 0.05) is 5.54 Å². The maximum absolute atomic E-state index is 9.90. The summed E-state index contributed by atoms with van der Waals surface area (Å²) >= 11 is 0. The Morgan fingerprint density at radius 1 is 1.23 bits per heavy atom. The van der Waals surface area contributed by atoms with E-state index < -0.39 is 0 Å². The molecule has 1 fully saturated rings. The van der Waals surface area contributed by atoms with Gasteiger partial charge in [0.2, 0.25) is 0 Å². The highest BCUT2D eigenvalue weighted by molar-refractivity contribution is 4.89. The molecule has 0 spiro atoms. The van der Waals surface area contributed by atoms with Gasteiger partial charge in [0.15, 0.2) is 0 Å². The van der Waals surface area contributed by atoms with Gasteiger partial charge < -0.3 is 5.11 Å². The first kappa shape index (κ1) is 11.0. The second-order valence-corrected chi connectivity index (χ2v) is 4.63. The number of hydrogen-bond acceptors (Lipinski definition) is 2. The normalized spacial score (nSPS) is 23.1. The zero-order chi connectivity index (χ0) is 9.90. The number of aliphatic hydroxyl groups excluding tert-OH is 1. The van der Waals surface area contributed by atoms with Gasteiger partial charge in [-0.3, -0.25) is 4.90 Å². The lowest BCUT2D eigenvalue weighted by Crippen LogP contribution is -2.53. The Morgan fingerprint density at radius 3 is 2.23 bits per heavy atom. The van der Waals surface area contributed by atoms with E-state index in [0.29, 0.717) is 0 Å². The standard InChI is InChI=1S/C11H23NO/c1-4-10(13)11(2,3)12-8-6-5-7-9-12/h10,13H,4-9H2,1-3H3. The fourth-order valence-corrected chi connectivity index (χ4v) is 2.18. The maximum atomic E-state index is 9.90. The van der Waals surface area contributed by atoms with E-state index in [1.807, 2.05) is 0 Å². The molecular weight excluding hydrogens is 162 g/mol. The van der Waals surface area contributed by atoms with Crippen molar-refractivity contribution in [1.82, 2.24) is 4.90 Å².